The molecule has 0 unspecified atom stereocenters. The van der Waals surface area contributed by atoms with Crippen molar-refractivity contribution in [1.29, 1.82) is 0 Å². The lowest BCUT2D eigenvalue weighted by atomic mass is 9.77. The van der Waals surface area contributed by atoms with Gasteiger partial charge in [-0.05, 0) is 33.4 Å². The van der Waals surface area contributed by atoms with E-state index in [0.717, 1.165) is 0 Å². The molecule has 0 bridgehead atoms. The maximum atomic E-state index is 8.06. The summed E-state index contributed by atoms with van der Waals surface area (Å²) in [4.78, 5) is 0. The highest BCUT2D eigenvalue weighted by atomic mass is 31.0. The Morgan fingerprint density at radius 2 is 1.05 bits per heavy atom. The molecular formula is C18H13OP. The number of hydrogen-bond donors (Lipinski definition) is 0. The third-order valence-electron chi connectivity index (χ3n) is 3.64. The van der Waals surface area contributed by atoms with Crippen molar-refractivity contribution in [2.45, 2.75) is 0 Å². The second-order valence-corrected chi connectivity index (χ2v) is 4.64. The molecule has 20 heavy (non-hydrogen) atoms. The fourth-order valence-electron chi connectivity index (χ4n) is 2.80. The van der Waals surface area contributed by atoms with Gasteiger partial charge in [0.15, 0.2) is 0 Å². The van der Waals surface area contributed by atoms with Crippen LogP contribution in [0.2, 0.25) is 0 Å². The molecule has 0 radical (unpaired) electrons. The minimum Gasteiger partial charge on any atom is -0.279 e. The van der Waals surface area contributed by atoms with E-state index >= 15 is 0 Å². The van der Waals surface area contributed by atoms with Crippen molar-refractivity contribution < 1.29 is 4.57 Å². The average molecular weight is 276 g/mol. The van der Waals surface area contributed by atoms with Gasteiger partial charge in [-0.25, -0.2) is 0 Å². The standard InChI is InChI=1S/C18H12.HOP/c1-2-7-13(8-3-1)14-11-6-12-17-15-9-4-5-10-16(15)18(14)17;1-2/h1-12H;2H. The van der Waals surface area contributed by atoms with Gasteiger partial charge in [0.05, 0.1) is 0 Å². The van der Waals surface area contributed by atoms with E-state index in [0.29, 0.717) is 0 Å². The number of hydrogen-bond acceptors (Lipinski definition) is 1. The highest BCUT2D eigenvalue weighted by Gasteiger charge is 2.24. The van der Waals surface area contributed by atoms with Crippen LogP contribution in [0.4, 0.5) is 0 Å². The first-order valence-corrected chi connectivity index (χ1v) is 6.84. The van der Waals surface area contributed by atoms with Gasteiger partial charge in [-0.2, -0.15) is 0 Å². The lowest BCUT2D eigenvalue weighted by Gasteiger charge is -2.26. The zero-order chi connectivity index (χ0) is 13.9. The predicted octanol–water partition coefficient (Wildman–Crippen LogP) is 5.48. The molecule has 1 aliphatic carbocycles. The van der Waals surface area contributed by atoms with Crippen LogP contribution in [0.5, 0.6) is 0 Å². The molecule has 3 aromatic rings. The molecule has 0 fully saturated rings. The Morgan fingerprint density at radius 1 is 0.500 bits per heavy atom. The number of rotatable bonds is 1. The van der Waals surface area contributed by atoms with Gasteiger partial charge in [0.25, 0.3) is 0 Å². The molecule has 0 aromatic heterocycles. The Balaban J connectivity index is 0.000000581. The summed E-state index contributed by atoms with van der Waals surface area (Å²) in [5.74, 6) is 0. The van der Waals surface area contributed by atoms with Crippen molar-refractivity contribution in [2.75, 3.05) is 0 Å². The summed E-state index contributed by atoms with van der Waals surface area (Å²) in [5.41, 5.74) is 8.18. The molecule has 0 saturated carbocycles. The normalized spacial score (nSPS) is 10.4. The zero-order valence-electron chi connectivity index (χ0n) is 10.8. The number of benzene rings is 3. The second-order valence-electron chi connectivity index (χ2n) is 4.64. The molecule has 0 aliphatic heterocycles. The fourth-order valence-corrected chi connectivity index (χ4v) is 2.80. The van der Waals surface area contributed by atoms with E-state index in [4.69, 9.17) is 4.57 Å². The van der Waals surface area contributed by atoms with Gasteiger partial charge in [0, 0.05) is 0 Å². The first-order valence-electron chi connectivity index (χ1n) is 6.44. The predicted molar refractivity (Wildman–Crippen MR) is 85.3 cm³/mol. The second kappa shape index (κ2) is 5.40. The monoisotopic (exact) mass is 276 g/mol. The van der Waals surface area contributed by atoms with Crippen molar-refractivity contribution in [3.05, 3.63) is 72.8 Å². The van der Waals surface area contributed by atoms with E-state index < -0.39 is 0 Å². The third-order valence-corrected chi connectivity index (χ3v) is 3.64. The Labute approximate surface area is 120 Å². The lowest BCUT2D eigenvalue weighted by Crippen LogP contribution is -2.00. The van der Waals surface area contributed by atoms with E-state index in [-0.39, 0.29) is 0 Å². The summed E-state index contributed by atoms with van der Waals surface area (Å²) >= 11 is 0. The SMILES string of the molecule is O=P.c1ccc(-c2cccc3c2-c2ccccc2-3)cc1. The molecule has 0 amide bonds. The largest absolute Gasteiger partial charge is 0.279 e. The van der Waals surface area contributed by atoms with Crippen LogP contribution in [0, 0.1) is 0 Å². The third kappa shape index (κ3) is 1.88. The first kappa shape index (κ1) is 12.8. The van der Waals surface area contributed by atoms with Crippen molar-refractivity contribution in [2.24, 2.45) is 0 Å². The van der Waals surface area contributed by atoms with Gasteiger partial charge < -0.3 is 0 Å². The molecule has 1 nitrogen and oxygen atoms in total. The summed E-state index contributed by atoms with van der Waals surface area (Å²) in [6, 6.07) is 25.8. The van der Waals surface area contributed by atoms with Gasteiger partial charge in [-0.1, -0.05) is 72.8 Å². The molecule has 1 aliphatic rings. The van der Waals surface area contributed by atoms with Crippen molar-refractivity contribution in [3.63, 3.8) is 0 Å². The highest BCUT2D eigenvalue weighted by Crippen LogP contribution is 2.51. The van der Waals surface area contributed by atoms with E-state index in [9.17, 15) is 0 Å². The van der Waals surface area contributed by atoms with E-state index in [1.807, 2.05) is 0 Å². The molecule has 2 heteroatoms. The van der Waals surface area contributed by atoms with Crippen LogP contribution in [-0.4, -0.2) is 0 Å². The average Bonchev–Trinajstić information content (AvgIpc) is 2.54. The molecule has 3 aromatic carbocycles. The summed E-state index contributed by atoms with van der Waals surface area (Å²) in [6.07, 6.45) is 0. The Morgan fingerprint density at radius 3 is 1.80 bits per heavy atom. The summed E-state index contributed by atoms with van der Waals surface area (Å²) < 4.78 is 8.06. The minimum absolute atomic E-state index is 1.30. The van der Waals surface area contributed by atoms with Crippen molar-refractivity contribution in [3.8, 4) is 33.4 Å². The fraction of sp³-hybridized carbons (Fsp3) is 0. The summed E-state index contributed by atoms with van der Waals surface area (Å²) in [6.45, 7) is 0. The Kier molecular flexibility index (Phi) is 3.45. The molecule has 4 rings (SSSR count). The van der Waals surface area contributed by atoms with Crippen molar-refractivity contribution >= 4 is 9.12 Å². The maximum absolute atomic E-state index is 8.06. The molecule has 0 heterocycles. The maximum Gasteiger partial charge on any atom is 0.138 e. The first-order chi connectivity index (χ1) is 9.95. The lowest BCUT2D eigenvalue weighted by molar-refractivity contribution is 0.607. The highest BCUT2D eigenvalue weighted by molar-refractivity contribution is 7.00. The number of fused-ring (bicyclic) bond motifs is 4. The Hall–Kier alpha value is -2.24. The van der Waals surface area contributed by atoms with E-state index in [1.165, 1.54) is 33.4 Å². The molecule has 0 spiro atoms. The summed E-state index contributed by atoms with van der Waals surface area (Å²) in [7, 11) is 1.72. The van der Waals surface area contributed by atoms with Crippen LogP contribution in [0.15, 0.2) is 72.8 Å². The molecule has 96 valence electrons. The minimum atomic E-state index is 1.30. The molecular weight excluding hydrogens is 263 g/mol. The van der Waals surface area contributed by atoms with E-state index in [1.54, 1.807) is 9.12 Å². The zero-order valence-corrected chi connectivity index (χ0v) is 11.8. The summed E-state index contributed by atoms with van der Waals surface area (Å²) in [5, 5.41) is 0. The van der Waals surface area contributed by atoms with Crippen LogP contribution < -0.4 is 0 Å². The van der Waals surface area contributed by atoms with Crippen LogP contribution in [0.3, 0.4) is 0 Å². The quantitative estimate of drug-likeness (QED) is 0.421. The van der Waals surface area contributed by atoms with Crippen LogP contribution >= 0.6 is 9.12 Å². The van der Waals surface area contributed by atoms with Crippen LogP contribution in [-0.2, 0) is 4.57 Å². The smallest absolute Gasteiger partial charge is 0.138 e. The van der Waals surface area contributed by atoms with Gasteiger partial charge >= 0.3 is 0 Å². The van der Waals surface area contributed by atoms with Gasteiger partial charge in [-0.15, -0.1) is 0 Å². The van der Waals surface area contributed by atoms with Gasteiger partial charge in [-0.3, -0.25) is 4.57 Å². The van der Waals surface area contributed by atoms with E-state index in [2.05, 4.69) is 72.8 Å². The van der Waals surface area contributed by atoms with Crippen molar-refractivity contribution in [1.82, 2.24) is 0 Å². The molecule has 0 saturated heterocycles. The molecule has 0 N–H and O–H groups in total. The van der Waals surface area contributed by atoms with Gasteiger partial charge in [0.1, 0.15) is 9.12 Å². The van der Waals surface area contributed by atoms with Gasteiger partial charge in [0.2, 0.25) is 0 Å². The topological polar surface area (TPSA) is 17.1 Å². The Bertz CT molecular complexity index is 735. The van der Waals surface area contributed by atoms with Crippen LogP contribution in [0.25, 0.3) is 33.4 Å². The van der Waals surface area contributed by atoms with Crippen LogP contribution in [0.1, 0.15) is 0 Å². The molecule has 0 atom stereocenters.